The van der Waals surface area contributed by atoms with Gasteiger partial charge in [-0.25, -0.2) is 4.98 Å². The molecule has 1 heterocycles. The number of rotatable bonds is 4. The zero-order valence-corrected chi connectivity index (χ0v) is 12.2. The summed E-state index contributed by atoms with van der Waals surface area (Å²) in [5, 5.41) is 6.34. The maximum Gasteiger partial charge on any atom is 0.187 e. The van der Waals surface area contributed by atoms with E-state index in [0.717, 1.165) is 22.9 Å². The van der Waals surface area contributed by atoms with Crippen LogP contribution in [0.1, 0.15) is 12.5 Å². The van der Waals surface area contributed by atoms with E-state index in [-0.39, 0.29) is 0 Å². The van der Waals surface area contributed by atoms with Crippen LogP contribution in [-0.4, -0.2) is 4.98 Å². The molecule has 2 aromatic carbocycles. The molecule has 3 heteroatoms. The predicted molar refractivity (Wildman–Crippen MR) is 86.7 cm³/mol. The molecular weight excluding hydrogens is 264 g/mol. The smallest absolute Gasteiger partial charge is 0.187 e. The Morgan fingerprint density at radius 1 is 1.00 bits per heavy atom. The van der Waals surface area contributed by atoms with E-state index < -0.39 is 0 Å². The van der Waals surface area contributed by atoms with Crippen molar-refractivity contribution >= 4 is 22.2 Å². The Morgan fingerprint density at radius 3 is 2.45 bits per heavy atom. The molecule has 0 fully saturated rings. The van der Waals surface area contributed by atoms with Gasteiger partial charge in [-0.1, -0.05) is 49.4 Å². The van der Waals surface area contributed by atoms with Crippen LogP contribution in [0.5, 0.6) is 0 Å². The lowest BCUT2D eigenvalue weighted by atomic mass is 10.1. The van der Waals surface area contributed by atoms with E-state index in [0.29, 0.717) is 0 Å². The molecule has 0 amide bonds. The SMILES string of the molecule is CCc1ccc(-c2csc(Nc3ccccc3)n2)cc1. The van der Waals surface area contributed by atoms with Crippen molar-refractivity contribution in [3.63, 3.8) is 0 Å². The minimum Gasteiger partial charge on any atom is -0.332 e. The van der Waals surface area contributed by atoms with Crippen LogP contribution in [-0.2, 0) is 6.42 Å². The number of thiazole rings is 1. The van der Waals surface area contributed by atoms with Crippen molar-refractivity contribution in [2.75, 3.05) is 5.32 Å². The lowest BCUT2D eigenvalue weighted by Gasteiger charge is -2.01. The van der Waals surface area contributed by atoms with Gasteiger partial charge in [0.05, 0.1) is 5.69 Å². The molecule has 3 aromatic rings. The first-order valence-corrected chi connectivity index (χ1v) is 7.60. The quantitative estimate of drug-likeness (QED) is 0.717. The van der Waals surface area contributed by atoms with Gasteiger partial charge < -0.3 is 5.32 Å². The molecule has 0 saturated carbocycles. The maximum absolute atomic E-state index is 4.64. The van der Waals surface area contributed by atoms with Crippen molar-refractivity contribution in [2.24, 2.45) is 0 Å². The standard InChI is InChI=1S/C17H16N2S/c1-2-13-8-10-14(11-9-13)16-12-20-17(19-16)18-15-6-4-3-5-7-15/h3-12H,2H2,1H3,(H,18,19). The van der Waals surface area contributed by atoms with Gasteiger partial charge in [0.25, 0.3) is 0 Å². The first-order chi connectivity index (χ1) is 9.85. The summed E-state index contributed by atoms with van der Waals surface area (Å²) < 4.78 is 0. The zero-order chi connectivity index (χ0) is 13.8. The normalized spacial score (nSPS) is 10.4. The van der Waals surface area contributed by atoms with E-state index in [1.165, 1.54) is 11.1 Å². The van der Waals surface area contributed by atoms with Crippen LogP contribution in [0.2, 0.25) is 0 Å². The summed E-state index contributed by atoms with van der Waals surface area (Å²) in [7, 11) is 0. The van der Waals surface area contributed by atoms with Gasteiger partial charge in [0.15, 0.2) is 5.13 Å². The third kappa shape index (κ3) is 2.89. The third-order valence-corrected chi connectivity index (χ3v) is 3.94. The van der Waals surface area contributed by atoms with Crippen LogP contribution in [0.3, 0.4) is 0 Å². The molecule has 3 rings (SSSR count). The summed E-state index contributed by atoms with van der Waals surface area (Å²) in [6.45, 7) is 2.17. The molecule has 0 radical (unpaired) electrons. The van der Waals surface area contributed by atoms with Gasteiger partial charge in [-0.05, 0) is 24.1 Å². The Morgan fingerprint density at radius 2 is 1.75 bits per heavy atom. The lowest BCUT2D eigenvalue weighted by Crippen LogP contribution is -1.88. The fourth-order valence-corrected chi connectivity index (χ4v) is 2.76. The summed E-state index contributed by atoms with van der Waals surface area (Å²) in [4.78, 5) is 4.64. The molecule has 0 atom stereocenters. The van der Waals surface area contributed by atoms with E-state index in [4.69, 9.17) is 0 Å². The van der Waals surface area contributed by atoms with Crippen molar-refractivity contribution in [1.82, 2.24) is 4.98 Å². The largest absolute Gasteiger partial charge is 0.332 e. The fourth-order valence-electron chi connectivity index (χ4n) is 2.02. The van der Waals surface area contributed by atoms with Crippen molar-refractivity contribution in [1.29, 1.82) is 0 Å². The highest BCUT2D eigenvalue weighted by atomic mass is 32.1. The molecule has 100 valence electrons. The van der Waals surface area contributed by atoms with E-state index in [2.05, 4.69) is 46.9 Å². The van der Waals surface area contributed by atoms with Gasteiger partial charge in [0.1, 0.15) is 0 Å². The van der Waals surface area contributed by atoms with E-state index in [1.54, 1.807) is 11.3 Å². The number of hydrogen-bond acceptors (Lipinski definition) is 3. The summed E-state index contributed by atoms with van der Waals surface area (Å²) in [6, 6.07) is 18.7. The number of aromatic nitrogens is 1. The van der Waals surface area contributed by atoms with E-state index in [1.807, 2.05) is 30.3 Å². The number of benzene rings is 2. The molecule has 1 aromatic heterocycles. The Labute approximate surface area is 123 Å². The van der Waals surface area contributed by atoms with Crippen LogP contribution in [0.4, 0.5) is 10.8 Å². The number of nitrogens with one attached hydrogen (secondary N) is 1. The molecule has 0 aliphatic carbocycles. The first-order valence-electron chi connectivity index (χ1n) is 6.72. The molecule has 0 aliphatic rings. The fraction of sp³-hybridized carbons (Fsp3) is 0.118. The molecule has 0 aliphatic heterocycles. The molecule has 0 bridgehead atoms. The van der Waals surface area contributed by atoms with Gasteiger partial charge in [-0.2, -0.15) is 0 Å². The van der Waals surface area contributed by atoms with Crippen LogP contribution in [0, 0.1) is 0 Å². The number of anilines is 2. The van der Waals surface area contributed by atoms with E-state index >= 15 is 0 Å². The Hall–Kier alpha value is -2.13. The highest BCUT2D eigenvalue weighted by Crippen LogP contribution is 2.27. The van der Waals surface area contributed by atoms with Crippen LogP contribution in [0.25, 0.3) is 11.3 Å². The minimum absolute atomic E-state index is 0.922. The Balaban J connectivity index is 1.79. The maximum atomic E-state index is 4.64. The van der Waals surface area contributed by atoms with Crippen molar-refractivity contribution in [3.8, 4) is 11.3 Å². The molecule has 1 N–H and O–H groups in total. The van der Waals surface area contributed by atoms with Crippen LogP contribution >= 0.6 is 11.3 Å². The molecule has 0 unspecified atom stereocenters. The van der Waals surface area contributed by atoms with Crippen LogP contribution < -0.4 is 5.32 Å². The highest BCUT2D eigenvalue weighted by molar-refractivity contribution is 7.14. The highest BCUT2D eigenvalue weighted by Gasteiger charge is 2.04. The summed E-state index contributed by atoms with van der Waals surface area (Å²) in [6.07, 6.45) is 1.07. The third-order valence-electron chi connectivity index (χ3n) is 3.19. The number of nitrogens with zero attached hydrogens (tertiary/aromatic N) is 1. The predicted octanol–water partition coefficient (Wildman–Crippen LogP) is 5.12. The first kappa shape index (κ1) is 12.9. The lowest BCUT2D eigenvalue weighted by molar-refractivity contribution is 1.14. The number of para-hydroxylation sites is 1. The van der Waals surface area contributed by atoms with E-state index in [9.17, 15) is 0 Å². The molecule has 2 nitrogen and oxygen atoms in total. The number of hydrogen-bond donors (Lipinski definition) is 1. The second kappa shape index (κ2) is 5.88. The Kier molecular flexibility index (Phi) is 3.79. The van der Waals surface area contributed by atoms with Gasteiger partial charge in [0, 0.05) is 16.6 Å². The second-order valence-electron chi connectivity index (χ2n) is 4.58. The van der Waals surface area contributed by atoms with Gasteiger partial charge in [0.2, 0.25) is 0 Å². The topological polar surface area (TPSA) is 24.9 Å². The average Bonchev–Trinajstić information content (AvgIpc) is 2.97. The molecule has 20 heavy (non-hydrogen) atoms. The Bertz CT molecular complexity index is 672. The molecule has 0 saturated heterocycles. The van der Waals surface area contributed by atoms with Gasteiger partial charge in [-0.3, -0.25) is 0 Å². The number of aryl methyl sites for hydroxylation is 1. The molecule has 0 spiro atoms. The minimum atomic E-state index is 0.922. The van der Waals surface area contributed by atoms with Crippen molar-refractivity contribution < 1.29 is 0 Å². The van der Waals surface area contributed by atoms with Crippen LogP contribution in [0.15, 0.2) is 60.0 Å². The van der Waals surface area contributed by atoms with Crippen molar-refractivity contribution in [2.45, 2.75) is 13.3 Å². The molecular formula is C17H16N2S. The monoisotopic (exact) mass is 280 g/mol. The second-order valence-corrected chi connectivity index (χ2v) is 5.44. The van der Waals surface area contributed by atoms with Gasteiger partial charge in [-0.15, -0.1) is 11.3 Å². The summed E-state index contributed by atoms with van der Waals surface area (Å²) in [5.74, 6) is 0. The summed E-state index contributed by atoms with van der Waals surface area (Å²) in [5.41, 5.74) is 4.61. The van der Waals surface area contributed by atoms with Gasteiger partial charge >= 0.3 is 0 Å². The average molecular weight is 280 g/mol. The van der Waals surface area contributed by atoms with Crippen molar-refractivity contribution in [3.05, 3.63) is 65.5 Å². The summed E-state index contributed by atoms with van der Waals surface area (Å²) >= 11 is 1.63. The zero-order valence-electron chi connectivity index (χ0n) is 11.3.